The van der Waals surface area contributed by atoms with E-state index in [1.807, 2.05) is 0 Å². The van der Waals surface area contributed by atoms with Crippen LogP contribution >= 0.6 is 11.6 Å². The normalized spacial score (nSPS) is 12.6. The second kappa shape index (κ2) is 7.13. The molecule has 29 heavy (non-hydrogen) atoms. The number of anilines is 1. The van der Waals surface area contributed by atoms with Crippen molar-refractivity contribution in [2.75, 3.05) is 5.32 Å². The molecular formula is C18H15ClN6O4. The molecule has 2 heterocycles. The summed E-state index contributed by atoms with van der Waals surface area (Å²) in [6, 6.07) is 5.29. The average molecular weight is 415 g/mol. The summed E-state index contributed by atoms with van der Waals surface area (Å²) in [5, 5.41) is 18.3. The molecule has 0 fully saturated rings. The van der Waals surface area contributed by atoms with Crippen LogP contribution in [0.25, 0.3) is 5.95 Å². The number of aromatic amines is 1. The Hall–Kier alpha value is -3.53. The van der Waals surface area contributed by atoms with Crippen molar-refractivity contribution >= 4 is 29.0 Å². The SMILES string of the molecule is Cc1cc(NC(=O)c2cc(Cl)ccc2[N+](=O)[O-])n(-c2nc3c(c(=O)[nH]2)CCC3)n1. The van der Waals surface area contributed by atoms with Crippen LogP contribution in [0.15, 0.2) is 29.1 Å². The van der Waals surface area contributed by atoms with E-state index in [1.54, 1.807) is 13.0 Å². The van der Waals surface area contributed by atoms with Crippen molar-refractivity contribution in [3.8, 4) is 5.95 Å². The minimum absolute atomic E-state index is 0.166. The summed E-state index contributed by atoms with van der Waals surface area (Å²) in [6.45, 7) is 1.71. The van der Waals surface area contributed by atoms with Crippen LogP contribution in [-0.2, 0) is 12.8 Å². The van der Waals surface area contributed by atoms with Crippen molar-refractivity contribution in [2.24, 2.45) is 0 Å². The number of halogens is 1. The minimum Gasteiger partial charge on any atom is -0.306 e. The van der Waals surface area contributed by atoms with Crippen LogP contribution < -0.4 is 10.9 Å². The number of fused-ring (bicyclic) bond motifs is 1. The van der Waals surface area contributed by atoms with Gasteiger partial charge >= 0.3 is 0 Å². The Labute approximate surface area is 168 Å². The van der Waals surface area contributed by atoms with Gasteiger partial charge in [0.25, 0.3) is 17.2 Å². The number of nitro groups is 1. The Kier molecular flexibility index (Phi) is 4.63. The first-order valence-electron chi connectivity index (χ1n) is 8.78. The van der Waals surface area contributed by atoms with Gasteiger partial charge in [-0.2, -0.15) is 9.78 Å². The van der Waals surface area contributed by atoms with Crippen LogP contribution in [0.5, 0.6) is 0 Å². The second-order valence-corrected chi connectivity index (χ2v) is 7.06. The molecule has 0 unspecified atom stereocenters. The van der Waals surface area contributed by atoms with E-state index in [1.165, 1.54) is 22.9 Å². The lowest BCUT2D eigenvalue weighted by atomic mass is 10.1. The van der Waals surface area contributed by atoms with Crippen molar-refractivity contribution in [2.45, 2.75) is 26.2 Å². The molecule has 1 aliphatic rings. The molecule has 10 nitrogen and oxygen atoms in total. The number of carbonyl (C=O) groups is 1. The molecule has 1 amide bonds. The summed E-state index contributed by atoms with van der Waals surface area (Å²) in [5.74, 6) is -0.355. The van der Waals surface area contributed by atoms with Crippen LogP contribution in [-0.4, -0.2) is 30.6 Å². The molecule has 2 N–H and O–H groups in total. The number of carbonyl (C=O) groups excluding carboxylic acids is 1. The highest BCUT2D eigenvalue weighted by molar-refractivity contribution is 6.31. The summed E-state index contributed by atoms with van der Waals surface area (Å²) in [7, 11) is 0. The molecular weight excluding hydrogens is 400 g/mol. The minimum atomic E-state index is -0.733. The third-order valence-corrected chi connectivity index (χ3v) is 4.84. The summed E-state index contributed by atoms with van der Waals surface area (Å²) in [6.07, 6.45) is 2.23. The Morgan fingerprint density at radius 2 is 2.14 bits per heavy atom. The van der Waals surface area contributed by atoms with Gasteiger partial charge in [0.15, 0.2) is 0 Å². The van der Waals surface area contributed by atoms with Crippen molar-refractivity contribution in [1.82, 2.24) is 19.7 Å². The summed E-state index contributed by atoms with van der Waals surface area (Å²) >= 11 is 5.90. The lowest BCUT2D eigenvalue weighted by Crippen LogP contribution is -2.21. The highest BCUT2D eigenvalue weighted by Crippen LogP contribution is 2.25. The Bertz CT molecular complexity index is 1220. The molecule has 0 saturated carbocycles. The fourth-order valence-corrected chi connectivity index (χ4v) is 3.48. The van der Waals surface area contributed by atoms with E-state index in [2.05, 4.69) is 20.4 Å². The Morgan fingerprint density at radius 1 is 1.34 bits per heavy atom. The van der Waals surface area contributed by atoms with Crippen molar-refractivity contribution in [3.63, 3.8) is 0 Å². The molecule has 0 radical (unpaired) electrons. The standard InChI is InChI=1S/C18H15ClN6O4/c1-9-7-15(21-17(27)12-8-10(19)5-6-14(12)25(28)29)24(23-9)18-20-13-4-2-3-11(13)16(26)22-18/h5-8H,2-4H2,1H3,(H,21,27)(H,20,22,26). The third kappa shape index (κ3) is 3.49. The van der Waals surface area contributed by atoms with Gasteiger partial charge in [-0.3, -0.25) is 24.7 Å². The Morgan fingerprint density at radius 3 is 2.90 bits per heavy atom. The molecule has 11 heteroatoms. The average Bonchev–Trinajstić information content (AvgIpc) is 3.28. The summed E-state index contributed by atoms with van der Waals surface area (Å²) in [5.41, 5.74) is 1.13. The number of nitro benzene ring substituents is 1. The van der Waals surface area contributed by atoms with Crippen molar-refractivity contribution in [3.05, 3.63) is 72.3 Å². The quantitative estimate of drug-likeness (QED) is 0.497. The van der Waals surface area contributed by atoms with Gasteiger partial charge in [0.1, 0.15) is 11.4 Å². The van der Waals surface area contributed by atoms with E-state index in [4.69, 9.17) is 11.6 Å². The van der Waals surface area contributed by atoms with Gasteiger partial charge in [-0.25, -0.2) is 4.98 Å². The maximum Gasteiger partial charge on any atom is 0.282 e. The monoisotopic (exact) mass is 414 g/mol. The molecule has 0 bridgehead atoms. The summed E-state index contributed by atoms with van der Waals surface area (Å²) < 4.78 is 1.30. The first-order valence-corrected chi connectivity index (χ1v) is 9.15. The first kappa shape index (κ1) is 18.8. The molecule has 1 aliphatic carbocycles. The number of aromatic nitrogens is 4. The molecule has 0 aliphatic heterocycles. The van der Waals surface area contributed by atoms with Crippen LogP contribution in [0.3, 0.4) is 0 Å². The number of amides is 1. The lowest BCUT2D eigenvalue weighted by Gasteiger charge is -2.09. The van der Waals surface area contributed by atoms with E-state index in [0.29, 0.717) is 29.8 Å². The maximum absolute atomic E-state index is 12.7. The predicted molar refractivity (Wildman–Crippen MR) is 105 cm³/mol. The van der Waals surface area contributed by atoms with Crippen LogP contribution in [0, 0.1) is 17.0 Å². The van der Waals surface area contributed by atoms with Crippen LogP contribution in [0.4, 0.5) is 11.5 Å². The number of rotatable bonds is 4. The predicted octanol–water partition coefficient (Wildman–Crippen LogP) is 2.57. The fourth-order valence-electron chi connectivity index (χ4n) is 3.31. The van der Waals surface area contributed by atoms with Gasteiger partial charge in [0.2, 0.25) is 5.95 Å². The number of aryl methyl sites for hydroxylation is 2. The molecule has 148 valence electrons. The lowest BCUT2D eigenvalue weighted by molar-refractivity contribution is -0.385. The molecule has 0 saturated heterocycles. The highest BCUT2D eigenvalue weighted by Gasteiger charge is 2.23. The van der Waals surface area contributed by atoms with E-state index in [-0.39, 0.29) is 33.6 Å². The first-order chi connectivity index (χ1) is 13.8. The topological polar surface area (TPSA) is 136 Å². The zero-order chi connectivity index (χ0) is 20.7. The Balaban J connectivity index is 1.73. The van der Waals surface area contributed by atoms with Crippen LogP contribution in [0.2, 0.25) is 5.02 Å². The van der Waals surface area contributed by atoms with E-state index >= 15 is 0 Å². The van der Waals surface area contributed by atoms with Gasteiger partial charge < -0.3 is 5.32 Å². The number of hydrogen-bond acceptors (Lipinski definition) is 6. The molecule has 0 spiro atoms. The smallest absolute Gasteiger partial charge is 0.282 e. The van der Waals surface area contributed by atoms with E-state index < -0.39 is 10.8 Å². The number of nitrogens with zero attached hydrogens (tertiary/aromatic N) is 4. The third-order valence-electron chi connectivity index (χ3n) is 4.60. The molecule has 3 aromatic rings. The van der Waals surface area contributed by atoms with Gasteiger partial charge in [-0.15, -0.1) is 0 Å². The fraction of sp³-hybridized carbons (Fsp3) is 0.222. The van der Waals surface area contributed by atoms with Gasteiger partial charge in [-0.05, 0) is 38.3 Å². The number of H-pyrrole nitrogens is 1. The van der Waals surface area contributed by atoms with Crippen molar-refractivity contribution < 1.29 is 9.72 Å². The molecule has 1 aromatic carbocycles. The van der Waals surface area contributed by atoms with Gasteiger partial charge in [0, 0.05) is 22.7 Å². The van der Waals surface area contributed by atoms with Gasteiger partial charge in [0.05, 0.1) is 16.3 Å². The van der Waals surface area contributed by atoms with E-state index in [0.717, 1.165) is 6.42 Å². The molecule has 2 aromatic heterocycles. The highest BCUT2D eigenvalue weighted by atomic mass is 35.5. The molecule has 4 rings (SSSR count). The number of hydrogen-bond donors (Lipinski definition) is 2. The van der Waals surface area contributed by atoms with E-state index in [9.17, 15) is 19.7 Å². The number of benzene rings is 1. The zero-order valence-electron chi connectivity index (χ0n) is 15.2. The second-order valence-electron chi connectivity index (χ2n) is 6.62. The van der Waals surface area contributed by atoms with Gasteiger partial charge in [-0.1, -0.05) is 11.6 Å². The largest absolute Gasteiger partial charge is 0.306 e. The number of nitrogens with one attached hydrogen (secondary N) is 2. The zero-order valence-corrected chi connectivity index (χ0v) is 16.0. The molecule has 0 atom stereocenters. The summed E-state index contributed by atoms with van der Waals surface area (Å²) in [4.78, 5) is 42.8. The van der Waals surface area contributed by atoms with Crippen LogP contribution in [0.1, 0.15) is 33.7 Å². The van der Waals surface area contributed by atoms with Crippen molar-refractivity contribution in [1.29, 1.82) is 0 Å². The maximum atomic E-state index is 12.7.